The number of aliphatic carboxylic acids is 1. The lowest BCUT2D eigenvalue weighted by atomic mass is 9.80. The van der Waals surface area contributed by atoms with Crippen molar-refractivity contribution >= 4 is 11.9 Å². The number of pyridine rings is 1. The largest absolute Gasteiger partial charge is 0.481 e. The van der Waals surface area contributed by atoms with Gasteiger partial charge in [-0.2, -0.15) is 0 Å². The number of nitrogens with one attached hydrogen (secondary N) is 1. The highest BCUT2D eigenvalue weighted by molar-refractivity contribution is 5.77. The molecule has 5 heteroatoms. The number of carbonyl (C=O) groups is 2. The first kappa shape index (κ1) is 16.9. The third-order valence-electron chi connectivity index (χ3n) is 5.72. The Morgan fingerprint density at radius 1 is 1.21 bits per heavy atom. The van der Waals surface area contributed by atoms with Gasteiger partial charge in [-0.3, -0.25) is 14.6 Å². The average Bonchev–Trinajstić information content (AvgIpc) is 3.05. The van der Waals surface area contributed by atoms with Crippen LogP contribution in [-0.2, 0) is 15.1 Å². The van der Waals surface area contributed by atoms with E-state index < -0.39 is 5.97 Å². The topological polar surface area (TPSA) is 79.3 Å². The molecule has 0 atom stereocenters. The summed E-state index contributed by atoms with van der Waals surface area (Å²) in [4.78, 5) is 27.9. The van der Waals surface area contributed by atoms with Crippen molar-refractivity contribution in [3.63, 3.8) is 0 Å². The molecule has 5 nitrogen and oxygen atoms in total. The molecule has 24 heavy (non-hydrogen) atoms. The van der Waals surface area contributed by atoms with Crippen molar-refractivity contribution < 1.29 is 14.7 Å². The first-order valence-corrected chi connectivity index (χ1v) is 9.03. The van der Waals surface area contributed by atoms with Gasteiger partial charge >= 0.3 is 5.97 Å². The van der Waals surface area contributed by atoms with Crippen molar-refractivity contribution in [3.05, 3.63) is 30.1 Å². The lowest BCUT2D eigenvalue weighted by Gasteiger charge is -2.32. The smallest absolute Gasteiger partial charge is 0.306 e. The molecular formula is C19H26N2O3. The Morgan fingerprint density at radius 2 is 1.92 bits per heavy atom. The maximum Gasteiger partial charge on any atom is 0.306 e. The van der Waals surface area contributed by atoms with E-state index in [2.05, 4.69) is 16.4 Å². The van der Waals surface area contributed by atoms with E-state index in [0.717, 1.165) is 44.1 Å². The fraction of sp³-hybridized carbons (Fsp3) is 0.632. The van der Waals surface area contributed by atoms with Crippen LogP contribution < -0.4 is 5.32 Å². The second kappa shape index (κ2) is 7.32. The minimum atomic E-state index is -0.695. The van der Waals surface area contributed by atoms with Crippen LogP contribution in [0.3, 0.4) is 0 Å². The minimum Gasteiger partial charge on any atom is -0.481 e. The van der Waals surface area contributed by atoms with E-state index in [1.807, 2.05) is 12.3 Å². The van der Waals surface area contributed by atoms with E-state index in [9.17, 15) is 9.59 Å². The minimum absolute atomic E-state index is 0.0968. The van der Waals surface area contributed by atoms with Crippen LogP contribution in [0.5, 0.6) is 0 Å². The molecule has 2 aliphatic carbocycles. The molecule has 3 rings (SSSR count). The Labute approximate surface area is 142 Å². The van der Waals surface area contributed by atoms with E-state index in [-0.39, 0.29) is 17.4 Å². The average molecular weight is 330 g/mol. The van der Waals surface area contributed by atoms with Crippen LogP contribution in [0.25, 0.3) is 0 Å². The van der Waals surface area contributed by atoms with E-state index in [1.165, 1.54) is 0 Å². The molecular weight excluding hydrogens is 304 g/mol. The first-order valence-electron chi connectivity index (χ1n) is 9.03. The molecule has 1 aromatic rings. The molecule has 0 spiro atoms. The van der Waals surface area contributed by atoms with Gasteiger partial charge < -0.3 is 10.4 Å². The Balaban J connectivity index is 1.58. The Kier molecular flexibility index (Phi) is 5.17. The molecule has 0 unspecified atom stereocenters. The molecule has 1 aromatic heterocycles. The Hall–Kier alpha value is -1.91. The second-order valence-electron chi connectivity index (χ2n) is 7.34. The van der Waals surface area contributed by atoms with E-state index in [1.54, 1.807) is 6.20 Å². The molecule has 2 saturated carbocycles. The Morgan fingerprint density at radius 3 is 2.50 bits per heavy atom. The summed E-state index contributed by atoms with van der Waals surface area (Å²) in [5, 5.41) is 12.4. The lowest BCUT2D eigenvalue weighted by molar-refractivity contribution is -0.143. The normalized spacial score (nSPS) is 26.0. The summed E-state index contributed by atoms with van der Waals surface area (Å²) in [6, 6.07) is 3.98. The maximum absolute atomic E-state index is 12.6. The molecule has 0 radical (unpaired) electrons. The van der Waals surface area contributed by atoms with Gasteiger partial charge in [-0.25, -0.2) is 0 Å². The van der Waals surface area contributed by atoms with Crippen LogP contribution >= 0.6 is 0 Å². The third kappa shape index (κ3) is 3.77. The van der Waals surface area contributed by atoms with Crippen molar-refractivity contribution in [1.82, 2.24) is 10.3 Å². The molecule has 2 aliphatic rings. The van der Waals surface area contributed by atoms with Gasteiger partial charge in [0, 0.05) is 18.8 Å². The lowest BCUT2D eigenvalue weighted by Crippen LogP contribution is -2.44. The zero-order valence-corrected chi connectivity index (χ0v) is 14.0. The summed E-state index contributed by atoms with van der Waals surface area (Å²) in [5.41, 5.74) is 0.842. The zero-order valence-electron chi connectivity index (χ0n) is 14.0. The number of carbonyl (C=O) groups excluding carboxylic acids is 1. The summed E-state index contributed by atoms with van der Waals surface area (Å²) >= 11 is 0. The van der Waals surface area contributed by atoms with Crippen LogP contribution in [0.1, 0.15) is 63.4 Å². The summed E-state index contributed by atoms with van der Waals surface area (Å²) < 4.78 is 0. The molecule has 130 valence electrons. The third-order valence-corrected chi connectivity index (χ3v) is 5.72. The van der Waals surface area contributed by atoms with Gasteiger partial charge in [0.15, 0.2) is 0 Å². The second-order valence-corrected chi connectivity index (χ2v) is 7.34. The summed E-state index contributed by atoms with van der Waals surface area (Å²) in [6.45, 7) is 0. The summed E-state index contributed by atoms with van der Waals surface area (Å²) in [7, 11) is 0. The van der Waals surface area contributed by atoms with E-state index in [0.29, 0.717) is 25.2 Å². The van der Waals surface area contributed by atoms with E-state index >= 15 is 0 Å². The molecule has 0 aromatic carbocycles. The number of rotatable bonds is 5. The number of amides is 1. The van der Waals surface area contributed by atoms with E-state index in [4.69, 9.17) is 5.11 Å². The number of carboxylic acid groups (broad SMARTS) is 1. The van der Waals surface area contributed by atoms with Crippen molar-refractivity contribution in [2.45, 2.75) is 63.3 Å². The fourth-order valence-electron chi connectivity index (χ4n) is 4.30. The van der Waals surface area contributed by atoms with Crippen LogP contribution in [0, 0.1) is 11.8 Å². The van der Waals surface area contributed by atoms with Gasteiger partial charge in [0.1, 0.15) is 0 Å². The number of hydrogen-bond donors (Lipinski definition) is 2. The van der Waals surface area contributed by atoms with Crippen molar-refractivity contribution in [3.8, 4) is 0 Å². The van der Waals surface area contributed by atoms with Gasteiger partial charge in [0.05, 0.1) is 11.5 Å². The number of aromatic nitrogens is 1. The number of carboxylic acids is 1. The highest BCUT2D eigenvalue weighted by atomic mass is 16.4. The predicted octanol–water partition coefficient (Wildman–Crippen LogP) is 3.25. The molecule has 2 N–H and O–H groups in total. The summed E-state index contributed by atoms with van der Waals surface area (Å²) in [5.74, 6) is -0.507. The quantitative estimate of drug-likeness (QED) is 0.868. The number of hydrogen-bond acceptors (Lipinski definition) is 3. The fourth-order valence-corrected chi connectivity index (χ4v) is 4.30. The molecule has 2 fully saturated rings. The molecule has 0 saturated heterocycles. The highest BCUT2D eigenvalue weighted by Crippen LogP contribution is 2.39. The maximum atomic E-state index is 12.6. The Bertz CT molecular complexity index is 574. The van der Waals surface area contributed by atoms with Gasteiger partial charge in [-0.1, -0.05) is 18.9 Å². The predicted molar refractivity (Wildman–Crippen MR) is 90.2 cm³/mol. The molecule has 1 heterocycles. The standard InChI is InChI=1S/C19H26N2O3/c22-17(12-14-5-7-15(8-6-14)18(23)24)21-19(9-1-2-10-19)16-4-3-11-20-13-16/h3-4,11,13-15H,1-2,5-10,12H2,(H,21,22)(H,23,24). The van der Waals surface area contributed by atoms with Crippen LogP contribution in [0.15, 0.2) is 24.5 Å². The monoisotopic (exact) mass is 330 g/mol. The van der Waals surface area contributed by atoms with Gasteiger partial charge in [-0.15, -0.1) is 0 Å². The summed E-state index contributed by atoms with van der Waals surface area (Å²) in [6.07, 6.45) is 11.4. The zero-order chi connectivity index (χ0) is 17.0. The molecule has 0 aliphatic heterocycles. The van der Waals surface area contributed by atoms with Crippen LogP contribution in [0.2, 0.25) is 0 Å². The van der Waals surface area contributed by atoms with Gasteiger partial charge in [-0.05, 0) is 56.1 Å². The molecule has 0 bridgehead atoms. The number of nitrogens with zero attached hydrogens (tertiary/aromatic N) is 1. The van der Waals surface area contributed by atoms with Crippen LogP contribution in [0.4, 0.5) is 0 Å². The van der Waals surface area contributed by atoms with Gasteiger partial charge in [0.2, 0.25) is 5.91 Å². The highest BCUT2D eigenvalue weighted by Gasteiger charge is 2.37. The van der Waals surface area contributed by atoms with Crippen molar-refractivity contribution in [1.29, 1.82) is 0 Å². The van der Waals surface area contributed by atoms with Crippen LogP contribution in [-0.4, -0.2) is 22.0 Å². The van der Waals surface area contributed by atoms with Crippen molar-refractivity contribution in [2.24, 2.45) is 11.8 Å². The van der Waals surface area contributed by atoms with Crippen molar-refractivity contribution in [2.75, 3.05) is 0 Å². The molecule has 1 amide bonds. The van der Waals surface area contributed by atoms with Gasteiger partial charge in [0.25, 0.3) is 0 Å². The SMILES string of the molecule is O=C(CC1CCC(C(=O)O)CC1)NC1(c2cccnc2)CCCC1. The first-order chi connectivity index (χ1) is 11.6.